The lowest BCUT2D eigenvalue weighted by Gasteiger charge is -2.21. The van der Waals surface area contributed by atoms with Gasteiger partial charge in [0.1, 0.15) is 6.04 Å². The Labute approximate surface area is 116 Å². The number of rotatable bonds is 4. The summed E-state index contributed by atoms with van der Waals surface area (Å²) in [6.07, 6.45) is 3.29. The fraction of sp³-hybridized carbons (Fsp3) is 0.462. The van der Waals surface area contributed by atoms with Crippen molar-refractivity contribution >= 4 is 12.0 Å². The third-order valence-electron chi connectivity index (χ3n) is 3.26. The van der Waals surface area contributed by atoms with Crippen LogP contribution in [0.25, 0.3) is 0 Å². The van der Waals surface area contributed by atoms with Gasteiger partial charge in [-0.3, -0.25) is 4.98 Å². The standard InChI is InChI=1S/C13H17N3O4/c17-10-7-11(12(18)19)16(8-10)13(20)15-6-3-9-1-4-14-5-2-9/h1-2,4-5,10-11,17H,3,6-8H2,(H,15,20)(H,18,19)/t10-,11-/m1/s1. The van der Waals surface area contributed by atoms with Crippen molar-refractivity contribution in [1.29, 1.82) is 0 Å². The number of aliphatic carboxylic acids is 1. The van der Waals surface area contributed by atoms with Crippen LogP contribution in [0.15, 0.2) is 24.5 Å². The second kappa shape index (κ2) is 6.33. The Kier molecular flexibility index (Phi) is 4.52. The van der Waals surface area contributed by atoms with Gasteiger partial charge in [-0.1, -0.05) is 0 Å². The van der Waals surface area contributed by atoms with Crippen LogP contribution < -0.4 is 5.32 Å². The molecule has 7 nitrogen and oxygen atoms in total. The number of pyridine rings is 1. The van der Waals surface area contributed by atoms with Crippen molar-refractivity contribution in [2.24, 2.45) is 0 Å². The Morgan fingerprint density at radius 1 is 1.40 bits per heavy atom. The van der Waals surface area contributed by atoms with Crippen LogP contribution in [0.3, 0.4) is 0 Å². The number of urea groups is 1. The number of hydrogen-bond donors (Lipinski definition) is 3. The van der Waals surface area contributed by atoms with E-state index in [1.807, 2.05) is 12.1 Å². The van der Waals surface area contributed by atoms with Crippen LogP contribution in [0.5, 0.6) is 0 Å². The lowest BCUT2D eigenvalue weighted by Crippen LogP contribution is -2.46. The molecule has 0 unspecified atom stereocenters. The summed E-state index contributed by atoms with van der Waals surface area (Å²) in [5.41, 5.74) is 1.04. The molecule has 2 rings (SSSR count). The van der Waals surface area contributed by atoms with E-state index in [0.29, 0.717) is 13.0 Å². The summed E-state index contributed by atoms with van der Waals surface area (Å²) in [7, 11) is 0. The van der Waals surface area contributed by atoms with Crippen molar-refractivity contribution in [1.82, 2.24) is 15.2 Å². The van der Waals surface area contributed by atoms with E-state index in [1.165, 1.54) is 4.90 Å². The van der Waals surface area contributed by atoms with Crippen LogP contribution >= 0.6 is 0 Å². The number of carbonyl (C=O) groups is 2. The van der Waals surface area contributed by atoms with E-state index < -0.39 is 24.1 Å². The molecule has 1 aromatic rings. The van der Waals surface area contributed by atoms with Crippen LogP contribution in [0.1, 0.15) is 12.0 Å². The summed E-state index contributed by atoms with van der Waals surface area (Å²) in [4.78, 5) is 28.0. The smallest absolute Gasteiger partial charge is 0.326 e. The monoisotopic (exact) mass is 279 g/mol. The lowest BCUT2D eigenvalue weighted by molar-refractivity contribution is -0.141. The number of amides is 2. The second-order valence-electron chi connectivity index (χ2n) is 4.73. The number of nitrogens with zero attached hydrogens (tertiary/aromatic N) is 2. The van der Waals surface area contributed by atoms with Gasteiger partial charge in [-0.2, -0.15) is 0 Å². The zero-order valence-electron chi connectivity index (χ0n) is 10.9. The van der Waals surface area contributed by atoms with Crippen LogP contribution in [-0.4, -0.2) is 57.3 Å². The summed E-state index contributed by atoms with van der Waals surface area (Å²) in [6.45, 7) is 0.458. The molecule has 3 N–H and O–H groups in total. The fourth-order valence-electron chi connectivity index (χ4n) is 2.24. The van der Waals surface area contributed by atoms with Gasteiger partial charge in [0.25, 0.3) is 0 Å². The van der Waals surface area contributed by atoms with Crippen molar-refractivity contribution in [2.75, 3.05) is 13.1 Å². The van der Waals surface area contributed by atoms with Gasteiger partial charge >= 0.3 is 12.0 Å². The van der Waals surface area contributed by atoms with Crippen LogP contribution in [-0.2, 0) is 11.2 Å². The predicted molar refractivity (Wildman–Crippen MR) is 70.1 cm³/mol. The van der Waals surface area contributed by atoms with Crippen molar-refractivity contribution in [3.05, 3.63) is 30.1 Å². The Balaban J connectivity index is 1.84. The molecule has 2 heterocycles. The minimum Gasteiger partial charge on any atom is -0.480 e. The van der Waals surface area contributed by atoms with Crippen molar-refractivity contribution in [2.45, 2.75) is 25.0 Å². The van der Waals surface area contributed by atoms with E-state index in [-0.39, 0.29) is 13.0 Å². The first kappa shape index (κ1) is 14.3. The average Bonchev–Trinajstić information content (AvgIpc) is 2.82. The number of carboxylic acids is 1. The van der Waals surface area contributed by atoms with E-state index >= 15 is 0 Å². The number of aromatic nitrogens is 1. The topological polar surface area (TPSA) is 103 Å². The molecule has 0 bridgehead atoms. The number of β-amino-alcohol motifs (C(OH)–C–C–N with tert-alkyl or cyclic N) is 1. The highest BCUT2D eigenvalue weighted by Crippen LogP contribution is 2.18. The highest BCUT2D eigenvalue weighted by molar-refractivity contribution is 5.83. The Bertz CT molecular complexity index is 480. The van der Waals surface area contributed by atoms with Gasteiger partial charge in [0.15, 0.2) is 0 Å². The largest absolute Gasteiger partial charge is 0.480 e. The van der Waals surface area contributed by atoms with E-state index in [0.717, 1.165) is 5.56 Å². The van der Waals surface area contributed by atoms with Crippen LogP contribution in [0, 0.1) is 0 Å². The average molecular weight is 279 g/mol. The number of carboxylic acid groups (broad SMARTS) is 1. The maximum Gasteiger partial charge on any atom is 0.326 e. The molecule has 0 aliphatic carbocycles. The van der Waals surface area contributed by atoms with Gasteiger partial charge in [-0.05, 0) is 24.1 Å². The minimum absolute atomic E-state index is 0.0536. The molecule has 0 radical (unpaired) electrons. The fourth-order valence-corrected chi connectivity index (χ4v) is 2.24. The normalized spacial score (nSPS) is 21.8. The first-order chi connectivity index (χ1) is 9.58. The molecule has 1 fully saturated rings. The van der Waals surface area contributed by atoms with Crippen LogP contribution in [0.4, 0.5) is 4.79 Å². The van der Waals surface area contributed by atoms with Gasteiger partial charge in [0, 0.05) is 31.9 Å². The quantitative estimate of drug-likeness (QED) is 0.711. The minimum atomic E-state index is -1.09. The highest BCUT2D eigenvalue weighted by Gasteiger charge is 2.38. The van der Waals surface area contributed by atoms with Crippen molar-refractivity contribution in [3.8, 4) is 0 Å². The summed E-state index contributed by atoms with van der Waals surface area (Å²) in [6, 6.07) is 2.30. The number of aliphatic hydroxyl groups is 1. The molecule has 1 aliphatic rings. The number of likely N-dealkylation sites (tertiary alicyclic amines) is 1. The molecule has 0 aromatic carbocycles. The summed E-state index contributed by atoms with van der Waals surface area (Å²) in [5.74, 6) is -1.09. The molecule has 108 valence electrons. The molecule has 0 saturated carbocycles. The van der Waals surface area contributed by atoms with E-state index in [2.05, 4.69) is 10.3 Å². The van der Waals surface area contributed by atoms with E-state index in [9.17, 15) is 14.7 Å². The molecule has 2 atom stereocenters. The van der Waals surface area contributed by atoms with Gasteiger partial charge < -0.3 is 20.4 Å². The Morgan fingerprint density at radius 3 is 2.75 bits per heavy atom. The Hall–Kier alpha value is -2.15. The summed E-state index contributed by atoms with van der Waals surface area (Å²) in [5, 5.41) is 21.2. The molecule has 2 amide bonds. The van der Waals surface area contributed by atoms with Gasteiger partial charge in [-0.15, -0.1) is 0 Å². The summed E-state index contributed by atoms with van der Waals surface area (Å²) < 4.78 is 0. The van der Waals surface area contributed by atoms with Crippen LogP contribution in [0.2, 0.25) is 0 Å². The first-order valence-electron chi connectivity index (χ1n) is 6.42. The second-order valence-corrected chi connectivity index (χ2v) is 4.73. The number of carbonyl (C=O) groups excluding carboxylic acids is 1. The molecule has 1 aliphatic heterocycles. The Morgan fingerprint density at radius 2 is 2.10 bits per heavy atom. The van der Waals surface area contributed by atoms with E-state index in [1.54, 1.807) is 12.4 Å². The zero-order chi connectivity index (χ0) is 14.5. The van der Waals surface area contributed by atoms with Gasteiger partial charge in [0.2, 0.25) is 0 Å². The number of nitrogens with one attached hydrogen (secondary N) is 1. The highest BCUT2D eigenvalue weighted by atomic mass is 16.4. The first-order valence-corrected chi connectivity index (χ1v) is 6.42. The molecule has 20 heavy (non-hydrogen) atoms. The molecule has 1 saturated heterocycles. The summed E-state index contributed by atoms with van der Waals surface area (Å²) >= 11 is 0. The molecular weight excluding hydrogens is 262 g/mol. The maximum absolute atomic E-state index is 11.9. The van der Waals surface area contributed by atoms with Crippen molar-refractivity contribution < 1.29 is 19.8 Å². The van der Waals surface area contributed by atoms with Crippen molar-refractivity contribution in [3.63, 3.8) is 0 Å². The molecule has 0 spiro atoms. The molecule has 7 heteroatoms. The third kappa shape index (κ3) is 3.45. The molecular formula is C13H17N3O4. The van der Waals surface area contributed by atoms with Gasteiger partial charge in [0.05, 0.1) is 6.10 Å². The third-order valence-corrected chi connectivity index (χ3v) is 3.26. The lowest BCUT2D eigenvalue weighted by atomic mass is 10.2. The SMILES string of the molecule is O=C(O)[C@H]1C[C@@H](O)CN1C(=O)NCCc1ccncc1. The predicted octanol–water partition coefficient (Wildman–Crippen LogP) is -0.146. The molecule has 1 aromatic heterocycles. The zero-order valence-corrected chi connectivity index (χ0v) is 10.9. The number of hydrogen-bond acceptors (Lipinski definition) is 4. The van der Waals surface area contributed by atoms with Gasteiger partial charge in [-0.25, -0.2) is 9.59 Å². The van der Waals surface area contributed by atoms with E-state index in [4.69, 9.17) is 5.11 Å². The maximum atomic E-state index is 11.9. The number of aliphatic hydroxyl groups excluding tert-OH is 1.